The monoisotopic (exact) mass is 123 g/mol. The maximum Gasteiger partial charge on any atom is 0.0368 e. The lowest BCUT2D eigenvalue weighted by molar-refractivity contribution is 1.31. The van der Waals surface area contributed by atoms with Crippen molar-refractivity contribution in [1.29, 1.82) is 0 Å². The number of aliphatic imine (C=N–C) groups is 1. The minimum absolute atomic E-state index is 1.04. The minimum atomic E-state index is 1.04. The van der Waals surface area contributed by atoms with Crippen molar-refractivity contribution < 1.29 is 0 Å². The zero-order chi connectivity index (χ0) is 7.11. The number of rotatable bonds is 2. The van der Waals surface area contributed by atoms with E-state index in [-0.39, 0.29) is 0 Å². The average Bonchev–Trinajstić information content (AvgIpc) is 1.85. The van der Waals surface area contributed by atoms with Gasteiger partial charge in [-0.3, -0.25) is 4.99 Å². The molecule has 0 atom stereocenters. The first-order valence-electron chi connectivity index (χ1n) is 3.09. The van der Waals surface area contributed by atoms with Crippen LogP contribution in [0.25, 0.3) is 0 Å². The van der Waals surface area contributed by atoms with Crippen LogP contribution in [0.4, 0.5) is 0 Å². The Morgan fingerprint density at radius 3 is 2.44 bits per heavy atom. The van der Waals surface area contributed by atoms with Gasteiger partial charge in [0.2, 0.25) is 0 Å². The van der Waals surface area contributed by atoms with Gasteiger partial charge in [0.15, 0.2) is 0 Å². The molecule has 0 saturated heterocycles. The summed E-state index contributed by atoms with van der Waals surface area (Å²) in [5, 5.41) is 0. The fourth-order valence-corrected chi connectivity index (χ4v) is 0.482. The van der Waals surface area contributed by atoms with Crippen LogP contribution in [0.15, 0.2) is 28.9 Å². The van der Waals surface area contributed by atoms with Crippen molar-refractivity contribution in [1.82, 2.24) is 0 Å². The molecule has 0 bridgehead atoms. The first-order chi connectivity index (χ1) is 4.31. The van der Waals surface area contributed by atoms with Crippen LogP contribution in [0.2, 0.25) is 0 Å². The molecular formula is C8H13N. The number of allylic oxidation sites excluding steroid dienone is 4. The predicted molar refractivity (Wildman–Crippen MR) is 42.7 cm³/mol. The molecule has 0 aliphatic carbocycles. The van der Waals surface area contributed by atoms with Crippen molar-refractivity contribution in [3.63, 3.8) is 0 Å². The van der Waals surface area contributed by atoms with E-state index in [0.717, 1.165) is 5.70 Å². The molecular weight excluding hydrogens is 110 g/mol. The van der Waals surface area contributed by atoms with E-state index in [1.165, 1.54) is 0 Å². The molecule has 0 amide bonds. The maximum atomic E-state index is 4.05. The maximum absolute atomic E-state index is 4.05. The summed E-state index contributed by atoms with van der Waals surface area (Å²) in [5.74, 6) is 0. The van der Waals surface area contributed by atoms with Gasteiger partial charge in [0.1, 0.15) is 0 Å². The molecule has 0 rings (SSSR count). The van der Waals surface area contributed by atoms with E-state index in [1.54, 1.807) is 6.21 Å². The van der Waals surface area contributed by atoms with E-state index < -0.39 is 0 Å². The normalized spacial score (nSPS) is 13.9. The Bertz CT molecular complexity index is 141. The second kappa shape index (κ2) is 5.29. The summed E-state index contributed by atoms with van der Waals surface area (Å²) in [6.45, 7) is 5.87. The number of nitrogens with zero attached hydrogens (tertiary/aromatic N) is 1. The lowest BCUT2D eigenvalue weighted by atomic mass is 10.4. The SMILES string of the molecule is C\C=C/C=C(C)\N=C/C. The quantitative estimate of drug-likeness (QED) is 0.395. The minimum Gasteiger partial charge on any atom is -0.266 e. The molecule has 0 unspecified atom stereocenters. The molecule has 0 heterocycles. The van der Waals surface area contributed by atoms with Gasteiger partial charge in [0.25, 0.3) is 0 Å². The van der Waals surface area contributed by atoms with Gasteiger partial charge in [-0.1, -0.05) is 12.2 Å². The Kier molecular flexibility index (Phi) is 4.79. The smallest absolute Gasteiger partial charge is 0.0368 e. The summed E-state index contributed by atoms with van der Waals surface area (Å²) in [7, 11) is 0. The number of hydrogen-bond acceptors (Lipinski definition) is 1. The van der Waals surface area contributed by atoms with Crippen LogP contribution in [0, 0.1) is 0 Å². The highest BCUT2D eigenvalue weighted by molar-refractivity contribution is 5.55. The van der Waals surface area contributed by atoms with E-state index in [4.69, 9.17) is 0 Å². The van der Waals surface area contributed by atoms with Crippen molar-refractivity contribution in [2.75, 3.05) is 0 Å². The third-order valence-corrected chi connectivity index (χ3v) is 0.863. The topological polar surface area (TPSA) is 12.4 Å². The van der Waals surface area contributed by atoms with Gasteiger partial charge in [0, 0.05) is 11.9 Å². The van der Waals surface area contributed by atoms with Crippen LogP contribution in [0.1, 0.15) is 20.8 Å². The van der Waals surface area contributed by atoms with Crippen LogP contribution >= 0.6 is 0 Å². The Morgan fingerprint density at radius 2 is 2.00 bits per heavy atom. The Labute approximate surface area is 56.8 Å². The van der Waals surface area contributed by atoms with E-state index in [2.05, 4.69) is 4.99 Å². The largest absolute Gasteiger partial charge is 0.266 e. The van der Waals surface area contributed by atoms with Crippen molar-refractivity contribution in [3.05, 3.63) is 23.9 Å². The summed E-state index contributed by atoms with van der Waals surface area (Å²) >= 11 is 0. The summed E-state index contributed by atoms with van der Waals surface area (Å²) in [6.07, 6.45) is 7.71. The van der Waals surface area contributed by atoms with Gasteiger partial charge in [-0.25, -0.2) is 0 Å². The highest BCUT2D eigenvalue weighted by atomic mass is 14.7. The second-order valence-electron chi connectivity index (χ2n) is 1.72. The van der Waals surface area contributed by atoms with Crippen LogP contribution < -0.4 is 0 Å². The zero-order valence-corrected chi connectivity index (χ0v) is 6.26. The second-order valence-corrected chi connectivity index (χ2v) is 1.72. The van der Waals surface area contributed by atoms with Crippen molar-refractivity contribution in [3.8, 4) is 0 Å². The molecule has 0 aromatic rings. The van der Waals surface area contributed by atoms with Crippen molar-refractivity contribution >= 4 is 6.21 Å². The van der Waals surface area contributed by atoms with Crippen LogP contribution in [0.3, 0.4) is 0 Å². The lowest BCUT2D eigenvalue weighted by Crippen LogP contribution is -1.66. The molecule has 0 spiro atoms. The van der Waals surface area contributed by atoms with Crippen molar-refractivity contribution in [2.45, 2.75) is 20.8 Å². The van der Waals surface area contributed by atoms with Gasteiger partial charge in [0.05, 0.1) is 0 Å². The van der Waals surface area contributed by atoms with Crippen LogP contribution in [-0.2, 0) is 0 Å². The first-order valence-corrected chi connectivity index (χ1v) is 3.09. The summed E-state index contributed by atoms with van der Waals surface area (Å²) < 4.78 is 0. The molecule has 1 nitrogen and oxygen atoms in total. The zero-order valence-electron chi connectivity index (χ0n) is 6.26. The number of hydrogen-bond donors (Lipinski definition) is 0. The highest BCUT2D eigenvalue weighted by Gasteiger charge is 1.73. The summed E-state index contributed by atoms with van der Waals surface area (Å²) in [5.41, 5.74) is 1.04. The fourth-order valence-electron chi connectivity index (χ4n) is 0.482. The predicted octanol–water partition coefficient (Wildman–Crippen LogP) is 2.56. The third kappa shape index (κ3) is 5.01. The van der Waals surface area contributed by atoms with E-state index in [1.807, 2.05) is 39.0 Å². The molecule has 0 fully saturated rings. The van der Waals surface area contributed by atoms with Gasteiger partial charge in [-0.05, 0) is 26.8 Å². The van der Waals surface area contributed by atoms with Crippen LogP contribution in [-0.4, -0.2) is 6.21 Å². The molecule has 0 aromatic heterocycles. The van der Waals surface area contributed by atoms with Gasteiger partial charge in [-0.2, -0.15) is 0 Å². The Balaban J connectivity index is 3.84. The van der Waals surface area contributed by atoms with Gasteiger partial charge < -0.3 is 0 Å². The molecule has 0 N–H and O–H groups in total. The lowest BCUT2D eigenvalue weighted by Gasteiger charge is -1.83. The Morgan fingerprint density at radius 1 is 1.33 bits per heavy atom. The molecule has 9 heavy (non-hydrogen) atoms. The van der Waals surface area contributed by atoms with Gasteiger partial charge in [-0.15, -0.1) is 0 Å². The molecule has 0 aliphatic heterocycles. The highest BCUT2D eigenvalue weighted by Crippen LogP contribution is 1.92. The molecule has 0 radical (unpaired) electrons. The molecule has 0 aliphatic rings. The van der Waals surface area contributed by atoms with E-state index >= 15 is 0 Å². The molecule has 0 aromatic carbocycles. The van der Waals surface area contributed by atoms with E-state index in [0.29, 0.717) is 0 Å². The van der Waals surface area contributed by atoms with Crippen LogP contribution in [0.5, 0.6) is 0 Å². The fraction of sp³-hybridized carbons (Fsp3) is 0.375. The summed E-state index contributed by atoms with van der Waals surface area (Å²) in [6, 6.07) is 0. The third-order valence-electron chi connectivity index (χ3n) is 0.863. The van der Waals surface area contributed by atoms with Crippen molar-refractivity contribution in [2.24, 2.45) is 4.99 Å². The standard InChI is InChI=1S/C8H13N/c1-4-6-7-8(3)9-5-2/h4-7H,1-3H3/b6-4-,8-7-,9-5-. The average molecular weight is 123 g/mol. The summed E-state index contributed by atoms with van der Waals surface area (Å²) in [4.78, 5) is 4.05. The molecule has 0 saturated carbocycles. The van der Waals surface area contributed by atoms with E-state index in [9.17, 15) is 0 Å². The first kappa shape index (κ1) is 8.15. The van der Waals surface area contributed by atoms with Gasteiger partial charge >= 0.3 is 0 Å². The molecule has 50 valence electrons. The Hall–Kier alpha value is -0.850. The molecule has 1 heteroatoms.